The molecule has 10 heteroatoms. The van der Waals surface area contributed by atoms with Crippen LogP contribution in [0.5, 0.6) is 5.75 Å². The van der Waals surface area contributed by atoms with E-state index in [1.54, 1.807) is 12.1 Å². The quantitative estimate of drug-likeness (QED) is 0.489. The Kier molecular flexibility index (Phi) is 7.78. The number of carbonyl (C=O) groups excluding carboxylic acids is 1. The van der Waals surface area contributed by atoms with Gasteiger partial charge >= 0.3 is 0 Å². The number of piperazine rings is 1. The van der Waals surface area contributed by atoms with Crippen molar-refractivity contribution in [3.05, 3.63) is 62.9 Å². The van der Waals surface area contributed by atoms with Crippen LogP contribution in [-0.4, -0.2) is 60.5 Å². The summed E-state index contributed by atoms with van der Waals surface area (Å²) >= 11 is 6.11. The number of ether oxygens (including phenoxy) is 1. The summed E-state index contributed by atoms with van der Waals surface area (Å²) in [6, 6.07) is 8.75. The fourth-order valence-electron chi connectivity index (χ4n) is 3.45. The Bertz CT molecular complexity index is 931. The molecule has 0 saturated carbocycles. The van der Waals surface area contributed by atoms with Crippen LogP contribution < -0.4 is 10.1 Å². The molecular formula is C21H24ClFN4O4. The number of nitrogens with zero attached hydrogens (tertiary/aromatic N) is 3. The average molecular weight is 451 g/mol. The second-order valence-electron chi connectivity index (χ2n) is 7.26. The van der Waals surface area contributed by atoms with Gasteiger partial charge in [0.2, 0.25) is 5.91 Å². The maximum absolute atomic E-state index is 14.0. The molecule has 0 aromatic heterocycles. The molecule has 2 aromatic carbocycles. The zero-order valence-electron chi connectivity index (χ0n) is 17.1. The van der Waals surface area contributed by atoms with Gasteiger partial charge in [0.15, 0.2) is 0 Å². The first-order valence-corrected chi connectivity index (χ1v) is 10.2. The van der Waals surface area contributed by atoms with E-state index in [1.807, 2.05) is 0 Å². The third-order valence-corrected chi connectivity index (χ3v) is 5.59. The highest BCUT2D eigenvalue weighted by molar-refractivity contribution is 6.31. The fraction of sp³-hybridized carbons (Fsp3) is 0.381. The van der Waals surface area contributed by atoms with Crippen molar-refractivity contribution in [1.29, 1.82) is 0 Å². The molecule has 0 radical (unpaired) electrons. The molecule has 8 nitrogen and oxygen atoms in total. The van der Waals surface area contributed by atoms with Gasteiger partial charge in [-0.25, -0.2) is 4.39 Å². The molecule has 1 saturated heterocycles. The van der Waals surface area contributed by atoms with Crippen LogP contribution in [0.3, 0.4) is 0 Å². The highest BCUT2D eigenvalue weighted by Gasteiger charge is 2.20. The first-order valence-electron chi connectivity index (χ1n) is 9.87. The van der Waals surface area contributed by atoms with Gasteiger partial charge in [-0.05, 0) is 18.2 Å². The first-order chi connectivity index (χ1) is 14.9. The summed E-state index contributed by atoms with van der Waals surface area (Å²) in [5.74, 6) is -0.260. The lowest BCUT2D eigenvalue weighted by molar-refractivity contribution is -0.384. The predicted octanol–water partition coefficient (Wildman–Crippen LogP) is 3.54. The number of carbonyl (C=O) groups is 1. The van der Waals surface area contributed by atoms with E-state index in [-0.39, 0.29) is 29.6 Å². The summed E-state index contributed by atoms with van der Waals surface area (Å²) in [4.78, 5) is 27.0. The van der Waals surface area contributed by atoms with E-state index in [0.29, 0.717) is 29.4 Å². The molecule has 1 aliphatic rings. The molecule has 1 amide bonds. The predicted molar refractivity (Wildman–Crippen MR) is 116 cm³/mol. The lowest BCUT2D eigenvalue weighted by atomic mass is 10.1. The van der Waals surface area contributed by atoms with Crippen molar-refractivity contribution >= 4 is 28.9 Å². The standard InChI is InChI=1S/C21H24ClFN4O4/c1-31-20-13-15(27(29)30)5-6-19(20)24-21(28)7-8-25-9-11-26(12-10-25)14-16-17(22)3-2-4-18(16)23/h2-6,13H,7-12,14H2,1H3,(H,24,28). The summed E-state index contributed by atoms with van der Waals surface area (Å²) in [5, 5.41) is 14.0. The zero-order chi connectivity index (χ0) is 22.4. The number of hydrogen-bond donors (Lipinski definition) is 1. The monoisotopic (exact) mass is 450 g/mol. The van der Waals surface area contributed by atoms with E-state index in [1.165, 1.54) is 31.4 Å². The number of rotatable bonds is 8. The molecule has 0 bridgehead atoms. The lowest BCUT2D eigenvalue weighted by Gasteiger charge is -2.34. The average Bonchev–Trinajstić information content (AvgIpc) is 2.76. The van der Waals surface area contributed by atoms with E-state index >= 15 is 0 Å². The molecule has 1 N–H and O–H groups in total. The summed E-state index contributed by atoms with van der Waals surface area (Å²) in [6.45, 7) is 4.07. The number of hydrogen-bond acceptors (Lipinski definition) is 6. The van der Waals surface area contributed by atoms with Crippen LogP contribution in [-0.2, 0) is 11.3 Å². The Morgan fingerprint density at radius 3 is 2.58 bits per heavy atom. The minimum Gasteiger partial charge on any atom is -0.494 e. The molecule has 1 aliphatic heterocycles. The van der Waals surface area contributed by atoms with E-state index in [0.717, 1.165) is 26.2 Å². The third kappa shape index (κ3) is 6.13. The largest absolute Gasteiger partial charge is 0.494 e. The van der Waals surface area contributed by atoms with Crippen molar-refractivity contribution in [2.75, 3.05) is 45.2 Å². The molecule has 1 heterocycles. The topological polar surface area (TPSA) is 87.9 Å². The van der Waals surface area contributed by atoms with Crippen LogP contribution in [0.15, 0.2) is 36.4 Å². The molecule has 166 valence electrons. The second kappa shape index (κ2) is 10.5. The SMILES string of the molecule is COc1cc([N+](=O)[O-])ccc1NC(=O)CCN1CCN(Cc2c(F)cccc2Cl)CC1. The summed E-state index contributed by atoms with van der Waals surface area (Å²) in [5.41, 5.74) is 0.795. The van der Waals surface area contributed by atoms with Gasteiger partial charge in [0.25, 0.3) is 5.69 Å². The molecule has 0 aliphatic carbocycles. The second-order valence-corrected chi connectivity index (χ2v) is 7.67. The highest BCUT2D eigenvalue weighted by Crippen LogP contribution is 2.29. The lowest BCUT2D eigenvalue weighted by Crippen LogP contribution is -2.46. The molecule has 0 spiro atoms. The number of methoxy groups -OCH3 is 1. The van der Waals surface area contributed by atoms with E-state index in [9.17, 15) is 19.3 Å². The van der Waals surface area contributed by atoms with Gasteiger partial charge in [0.05, 0.1) is 23.8 Å². The van der Waals surface area contributed by atoms with Crippen molar-refractivity contribution in [3.8, 4) is 5.75 Å². The van der Waals surface area contributed by atoms with Gasteiger partial charge < -0.3 is 15.0 Å². The van der Waals surface area contributed by atoms with E-state index in [4.69, 9.17) is 16.3 Å². The Morgan fingerprint density at radius 1 is 1.23 bits per heavy atom. The third-order valence-electron chi connectivity index (χ3n) is 5.23. The number of nitro groups is 1. The minimum absolute atomic E-state index is 0.107. The van der Waals surface area contributed by atoms with Crippen LogP contribution in [0.25, 0.3) is 0 Å². The Morgan fingerprint density at radius 2 is 1.94 bits per heavy atom. The van der Waals surface area contributed by atoms with Gasteiger partial charge in [0, 0.05) is 62.3 Å². The number of anilines is 1. The number of nitrogens with one attached hydrogen (secondary N) is 1. The molecule has 3 rings (SSSR count). The summed E-state index contributed by atoms with van der Waals surface area (Å²) in [7, 11) is 1.39. The van der Waals surface area contributed by atoms with Crippen molar-refractivity contribution in [2.45, 2.75) is 13.0 Å². The maximum Gasteiger partial charge on any atom is 0.273 e. The van der Waals surface area contributed by atoms with Gasteiger partial charge in [-0.15, -0.1) is 0 Å². The minimum atomic E-state index is -0.520. The van der Waals surface area contributed by atoms with Crippen LogP contribution in [0.2, 0.25) is 5.02 Å². The van der Waals surface area contributed by atoms with Gasteiger partial charge in [-0.3, -0.25) is 19.8 Å². The maximum atomic E-state index is 14.0. The van der Waals surface area contributed by atoms with Crippen LogP contribution in [0.1, 0.15) is 12.0 Å². The Balaban J connectivity index is 1.45. The number of halogens is 2. The number of non-ortho nitro benzene ring substituents is 1. The molecular weight excluding hydrogens is 427 g/mol. The smallest absolute Gasteiger partial charge is 0.273 e. The zero-order valence-corrected chi connectivity index (χ0v) is 17.9. The van der Waals surface area contributed by atoms with Crippen molar-refractivity contribution in [1.82, 2.24) is 9.80 Å². The van der Waals surface area contributed by atoms with Crippen molar-refractivity contribution in [3.63, 3.8) is 0 Å². The normalized spacial score (nSPS) is 14.9. The number of amides is 1. The van der Waals surface area contributed by atoms with Gasteiger partial charge in [0.1, 0.15) is 11.6 Å². The van der Waals surface area contributed by atoms with Gasteiger partial charge in [-0.1, -0.05) is 17.7 Å². The van der Waals surface area contributed by atoms with Gasteiger partial charge in [-0.2, -0.15) is 0 Å². The van der Waals surface area contributed by atoms with Crippen molar-refractivity contribution < 1.29 is 18.8 Å². The Hall–Kier alpha value is -2.75. The van der Waals surface area contributed by atoms with E-state index < -0.39 is 4.92 Å². The molecule has 0 atom stereocenters. The summed E-state index contributed by atoms with van der Waals surface area (Å²) < 4.78 is 19.1. The van der Waals surface area contributed by atoms with Crippen LogP contribution in [0.4, 0.5) is 15.8 Å². The fourth-order valence-corrected chi connectivity index (χ4v) is 3.67. The highest BCUT2D eigenvalue weighted by atomic mass is 35.5. The molecule has 0 unspecified atom stereocenters. The van der Waals surface area contributed by atoms with Crippen molar-refractivity contribution in [2.24, 2.45) is 0 Å². The molecule has 1 fully saturated rings. The summed E-state index contributed by atoms with van der Waals surface area (Å²) in [6.07, 6.45) is 0.277. The Labute approximate surface area is 184 Å². The molecule has 31 heavy (non-hydrogen) atoms. The van der Waals surface area contributed by atoms with Crippen LogP contribution in [0, 0.1) is 15.9 Å². The van der Waals surface area contributed by atoms with E-state index in [2.05, 4.69) is 15.1 Å². The number of nitro benzene ring substituents is 1. The first kappa shape index (κ1) is 22.9. The van der Waals surface area contributed by atoms with Crippen LogP contribution >= 0.6 is 11.6 Å². The molecule has 2 aromatic rings. The number of benzene rings is 2.